The molecule has 0 unspecified atom stereocenters. The molecule has 0 saturated carbocycles. The van der Waals surface area contributed by atoms with Crippen LogP contribution in [0.3, 0.4) is 0 Å². The minimum Gasteiger partial charge on any atom is -0.753 e. The average Bonchev–Trinajstić information content (AvgIpc) is 1.92. The predicted molar refractivity (Wildman–Crippen MR) is 87.8 cm³/mol. The number of isothiocyanates is 4. The molecule has 8 nitrogen and oxygen atoms in total. The van der Waals surface area contributed by atoms with Crippen molar-refractivity contribution < 1.29 is 0 Å². The van der Waals surface area contributed by atoms with Crippen molar-refractivity contribution in [3.63, 3.8) is 0 Å². The van der Waals surface area contributed by atoms with Crippen molar-refractivity contribution in [2.24, 2.45) is 0 Å². The molecule has 0 atom stereocenters. The van der Waals surface area contributed by atoms with Gasteiger partial charge >= 0.3 is 0 Å². The average molecular weight is 304 g/mol. The van der Waals surface area contributed by atoms with Gasteiger partial charge in [0, 0.05) is 0 Å². The highest BCUT2D eigenvalue weighted by Gasteiger charge is 0.765. The number of thiocarbonyl (C=S) groups is 4. The molecule has 0 bridgehead atoms. The molecule has 12 heteroatoms. The predicted octanol–water partition coefficient (Wildman–Crippen LogP) is 4.14. The molecule has 0 aliphatic carbocycles. The van der Waals surface area contributed by atoms with Crippen molar-refractivity contribution in [3.05, 3.63) is 21.6 Å². The van der Waals surface area contributed by atoms with Crippen LogP contribution in [0.4, 0.5) is 0 Å². The summed E-state index contributed by atoms with van der Waals surface area (Å²) in [5.74, 6) is 0. The van der Waals surface area contributed by atoms with Gasteiger partial charge in [-0.3, -0.25) is 0 Å². The molecule has 0 spiro atoms. The second kappa shape index (κ2) is 258. The zero-order chi connectivity index (χ0) is 10.8. The monoisotopic (exact) mass is 304 g/mol. The van der Waals surface area contributed by atoms with Crippen LogP contribution in [0, 0.1) is 0 Å². The fourth-order valence-electron chi connectivity index (χ4n) is 0. The standard InChI is InChI=1S/4CNS.4H3N/c4*2-1-3;;;;/h;;;;4*1H3/q4*-1;;;;/p+4. The summed E-state index contributed by atoms with van der Waals surface area (Å²) in [6.45, 7) is 0. The molecule has 0 aromatic rings. The van der Waals surface area contributed by atoms with Crippen LogP contribution in [0.15, 0.2) is 0 Å². The highest BCUT2D eigenvalue weighted by Crippen LogP contribution is 1.20. The van der Waals surface area contributed by atoms with Gasteiger partial charge < -0.3 is 46.2 Å². The highest BCUT2D eigenvalue weighted by atomic mass is 32.1. The van der Waals surface area contributed by atoms with E-state index < -0.39 is 0 Å². The lowest BCUT2D eigenvalue weighted by Gasteiger charge is -1.37. The third-order valence-electron chi connectivity index (χ3n) is 0. The van der Waals surface area contributed by atoms with Crippen molar-refractivity contribution >= 4 is 69.5 Å². The molecule has 0 amide bonds. The first-order valence-electron chi connectivity index (χ1n) is 1.71. The van der Waals surface area contributed by atoms with Crippen molar-refractivity contribution in [2.45, 2.75) is 0 Å². The van der Waals surface area contributed by atoms with E-state index in [-0.39, 0.29) is 24.6 Å². The third-order valence-corrected chi connectivity index (χ3v) is 0. The molecule has 0 fully saturated rings. The van der Waals surface area contributed by atoms with Crippen molar-refractivity contribution in [2.75, 3.05) is 0 Å². The quantitative estimate of drug-likeness (QED) is 0.380. The summed E-state index contributed by atoms with van der Waals surface area (Å²) in [4.78, 5) is 0. The molecule has 0 aliphatic heterocycles. The Morgan fingerprint density at radius 3 is 0.438 bits per heavy atom. The smallest absolute Gasteiger partial charge is 0.0548 e. The fraction of sp³-hybridized carbons (Fsp3) is 0. The van der Waals surface area contributed by atoms with Crippen LogP contribution >= 0.6 is 48.9 Å². The van der Waals surface area contributed by atoms with E-state index in [2.05, 4.69) is 48.9 Å². The van der Waals surface area contributed by atoms with E-state index in [9.17, 15) is 0 Å². The van der Waals surface area contributed by atoms with Crippen molar-refractivity contribution in [3.8, 4) is 0 Å². The highest BCUT2D eigenvalue weighted by molar-refractivity contribution is 7.78. The van der Waals surface area contributed by atoms with E-state index in [1.54, 1.807) is 0 Å². The molecule has 0 rings (SSSR count). The minimum absolute atomic E-state index is 0. The van der Waals surface area contributed by atoms with Crippen LogP contribution in [-0.4, -0.2) is 20.6 Å². The lowest BCUT2D eigenvalue weighted by Crippen LogP contribution is -0.979. The summed E-state index contributed by atoms with van der Waals surface area (Å²) in [7, 11) is 0. The maximum atomic E-state index is 7.13. The van der Waals surface area contributed by atoms with E-state index in [0.717, 1.165) is 0 Å². The number of quaternary nitrogens is 4. The molecule has 16 heavy (non-hydrogen) atoms. The number of hydrogen-bond acceptors (Lipinski definition) is 4. The second-order valence-corrected chi connectivity index (χ2v) is 1.10. The Morgan fingerprint density at radius 1 is 0.438 bits per heavy atom. The van der Waals surface area contributed by atoms with E-state index in [1.807, 2.05) is 0 Å². The van der Waals surface area contributed by atoms with Gasteiger partial charge in [-0.25, -0.2) is 0 Å². The second-order valence-electron chi connectivity index (χ2n) is 0.365. The van der Waals surface area contributed by atoms with Gasteiger partial charge in [0.1, 0.15) is 0 Å². The summed E-state index contributed by atoms with van der Waals surface area (Å²) in [5, 5.41) is 33.9. The van der Waals surface area contributed by atoms with Crippen LogP contribution in [0.1, 0.15) is 0 Å². The molecule has 16 N–H and O–H groups in total. The summed E-state index contributed by atoms with van der Waals surface area (Å²) in [6.07, 6.45) is 0. The molecule has 0 saturated heterocycles. The summed E-state index contributed by atoms with van der Waals surface area (Å²) in [6, 6.07) is 0. The van der Waals surface area contributed by atoms with Crippen LogP contribution in [-0.2, 0) is 0 Å². The van der Waals surface area contributed by atoms with Crippen LogP contribution in [0.5, 0.6) is 0 Å². The van der Waals surface area contributed by atoms with Gasteiger partial charge in [-0.2, -0.15) is 20.6 Å². The molecule has 0 aromatic carbocycles. The van der Waals surface area contributed by atoms with E-state index >= 15 is 0 Å². The normalized spacial score (nSPS) is 2.00. The molecular formula is C4H16N8S4. The maximum Gasteiger partial charge on any atom is -0.0548 e. The number of rotatable bonds is 0. The summed E-state index contributed by atoms with van der Waals surface area (Å²) < 4.78 is 0. The number of nitrogens with zero attached hydrogens (tertiary/aromatic N) is 4. The first-order chi connectivity index (χ1) is 5.66. The fourth-order valence-corrected chi connectivity index (χ4v) is 0. The van der Waals surface area contributed by atoms with Gasteiger partial charge in [0.25, 0.3) is 0 Å². The topological polar surface area (TPSA) is 235 Å². The van der Waals surface area contributed by atoms with Crippen LogP contribution in [0.2, 0.25) is 0 Å². The first-order valence-corrected chi connectivity index (χ1v) is 3.34. The van der Waals surface area contributed by atoms with Crippen LogP contribution < -0.4 is 24.6 Å². The SMILES string of the molecule is [N-]=C=S.[N-]=C=S.[N-]=C=S.[N-]=C=S.[NH4+].[NH4+].[NH4+].[NH4+]. The van der Waals surface area contributed by atoms with E-state index in [1.165, 1.54) is 20.6 Å². The summed E-state index contributed by atoms with van der Waals surface area (Å²) >= 11 is 14.8. The molecule has 96 valence electrons. The van der Waals surface area contributed by atoms with Crippen molar-refractivity contribution in [1.82, 2.24) is 24.6 Å². The Bertz CT molecular complexity index is 156. The maximum absolute atomic E-state index is 7.13. The molecule has 0 radical (unpaired) electrons. The molecule has 0 aromatic heterocycles. The van der Waals surface area contributed by atoms with Gasteiger partial charge in [-0.1, -0.05) is 48.9 Å². The van der Waals surface area contributed by atoms with Gasteiger partial charge in [0.2, 0.25) is 0 Å². The molecule has 0 aliphatic rings. The molecule has 0 heterocycles. The Kier molecular flexibility index (Phi) is 966. The van der Waals surface area contributed by atoms with Gasteiger partial charge in [-0.15, -0.1) is 0 Å². The Balaban J connectivity index is -0.00000000821. The van der Waals surface area contributed by atoms with E-state index in [0.29, 0.717) is 0 Å². The molecular weight excluding hydrogens is 288 g/mol. The zero-order valence-corrected chi connectivity index (χ0v) is 12.7. The zero-order valence-electron chi connectivity index (χ0n) is 9.42. The largest absolute Gasteiger partial charge is 0.753 e. The Labute approximate surface area is 116 Å². The Hall–Kier alpha value is -0.960. The first kappa shape index (κ1) is 59.8. The van der Waals surface area contributed by atoms with Crippen molar-refractivity contribution in [1.29, 1.82) is 0 Å². The third kappa shape index (κ3) is 2050. The van der Waals surface area contributed by atoms with Gasteiger partial charge in [0.15, 0.2) is 0 Å². The lowest BCUT2D eigenvalue weighted by molar-refractivity contribution is 2.13. The van der Waals surface area contributed by atoms with Gasteiger partial charge in [-0.05, 0) is 0 Å². The number of hydrogen-bond donors (Lipinski definition) is 4. The minimum atomic E-state index is 0. The lowest BCUT2D eigenvalue weighted by atomic mass is 11.8. The van der Waals surface area contributed by atoms with E-state index in [4.69, 9.17) is 21.6 Å². The Morgan fingerprint density at radius 2 is 0.438 bits per heavy atom. The van der Waals surface area contributed by atoms with Crippen LogP contribution in [0.25, 0.3) is 21.6 Å². The van der Waals surface area contributed by atoms with Gasteiger partial charge in [0.05, 0.1) is 0 Å². The summed E-state index contributed by atoms with van der Waals surface area (Å²) in [5.41, 5.74) is 0.